The number of aryl methyl sites for hydroxylation is 1. The number of halogens is 3. The van der Waals surface area contributed by atoms with Crippen molar-refractivity contribution in [2.75, 3.05) is 5.32 Å². The number of aromatic amines is 1. The molecule has 0 atom stereocenters. The summed E-state index contributed by atoms with van der Waals surface area (Å²) in [6, 6.07) is 3.52. The highest BCUT2D eigenvalue weighted by molar-refractivity contribution is 6.36. The predicted octanol–water partition coefficient (Wildman–Crippen LogP) is 4.37. The molecule has 1 aromatic carbocycles. The second kappa shape index (κ2) is 5.09. The smallest absolute Gasteiger partial charge is 0.226 e. The van der Waals surface area contributed by atoms with Crippen LogP contribution in [0.1, 0.15) is 5.56 Å². The SMILES string of the molecule is Cc1cc(Cl)c(Nc2nc(Cl)nc3[nH]ncc23)cc1Cl. The fraction of sp³-hybridized carbons (Fsp3) is 0.0833. The lowest BCUT2D eigenvalue weighted by atomic mass is 10.2. The number of H-pyrrole nitrogens is 1. The van der Waals surface area contributed by atoms with Gasteiger partial charge in [-0.2, -0.15) is 15.1 Å². The fourth-order valence-electron chi connectivity index (χ4n) is 1.77. The Morgan fingerprint density at radius 3 is 2.70 bits per heavy atom. The topological polar surface area (TPSA) is 66.5 Å². The molecule has 0 saturated carbocycles. The van der Waals surface area contributed by atoms with Gasteiger partial charge in [-0.1, -0.05) is 23.2 Å². The third-order valence-corrected chi connectivity index (χ3v) is 3.67. The Morgan fingerprint density at radius 1 is 1.10 bits per heavy atom. The van der Waals surface area contributed by atoms with E-state index >= 15 is 0 Å². The summed E-state index contributed by atoms with van der Waals surface area (Å²) in [7, 11) is 0. The summed E-state index contributed by atoms with van der Waals surface area (Å²) in [5.41, 5.74) is 2.08. The van der Waals surface area contributed by atoms with Crippen LogP contribution < -0.4 is 5.32 Å². The first-order valence-corrected chi connectivity index (χ1v) is 6.77. The van der Waals surface area contributed by atoms with Gasteiger partial charge < -0.3 is 5.32 Å². The van der Waals surface area contributed by atoms with Crippen LogP contribution in [-0.2, 0) is 0 Å². The number of nitrogens with one attached hydrogen (secondary N) is 2. The number of fused-ring (bicyclic) bond motifs is 1. The van der Waals surface area contributed by atoms with E-state index in [1.807, 2.05) is 6.92 Å². The summed E-state index contributed by atoms with van der Waals surface area (Å²) >= 11 is 18.2. The van der Waals surface area contributed by atoms with E-state index in [2.05, 4.69) is 25.5 Å². The summed E-state index contributed by atoms with van der Waals surface area (Å²) in [6.45, 7) is 1.88. The molecule has 20 heavy (non-hydrogen) atoms. The van der Waals surface area contributed by atoms with Crippen LogP contribution >= 0.6 is 34.8 Å². The van der Waals surface area contributed by atoms with Crippen molar-refractivity contribution in [3.63, 3.8) is 0 Å². The van der Waals surface area contributed by atoms with Crippen LogP contribution in [0.3, 0.4) is 0 Å². The maximum absolute atomic E-state index is 6.20. The summed E-state index contributed by atoms with van der Waals surface area (Å²) < 4.78 is 0. The molecule has 2 N–H and O–H groups in total. The molecule has 0 aliphatic heterocycles. The molecule has 3 aromatic rings. The zero-order chi connectivity index (χ0) is 14.3. The minimum absolute atomic E-state index is 0.110. The number of benzene rings is 1. The normalized spacial score (nSPS) is 11.0. The molecule has 0 aliphatic rings. The summed E-state index contributed by atoms with van der Waals surface area (Å²) in [4.78, 5) is 8.17. The Balaban J connectivity index is 2.09. The molecule has 0 spiro atoms. The maximum Gasteiger partial charge on any atom is 0.226 e. The molecule has 0 amide bonds. The number of hydrogen-bond donors (Lipinski definition) is 2. The van der Waals surface area contributed by atoms with Gasteiger partial charge in [-0.15, -0.1) is 0 Å². The van der Waals surface area contributed by atoms with Gasteiger partial charge in [0.25, 0.3) is 0 Å². The van der Waals surface area contributed by atoms with E-state index < -0.39 is 0 Å². The van der Waals surface area contributed by atoms with Crippen molar-refractivity contribution < 1.29 is 0 Å². The Morgan fingerprint density at radius 2 is 1.90 bits per heavy atom. The number of nitrogens with zero attached hydrogens (tertiary/aromatic N) is 3. The first kappa shape index (κ1) is 13.4. The van der Waals surface area contributed by atoms with Crippen LogP contribution in [0, 0.1) is 6.92 Å². The number of hydrogen-bond acceptors (Lipinski definition) is 4. The molecule has 3 rings (SSSR count). The average Bonchev–Trinajstić information content (AvgIpc) is 2.84. The van der Waals surface area contributed by atoms with E-state index in [9.17, 15) is 0 Å². The Hall–Kier alpha value is -1.56. The quantitative estimate of drug-likeness (QED) is 0.686. The van der Waals surface area contributed by atoms with Crippen molar-refractivity contribution in [2.24, 2.45) is 0 Å². The summed E-state index contributed by atoms with van der Waals surface area (Å²) in [5, 5.41) is 11.7. The van der Waals surface area contributed by atoms with Crippen molar-refractivity contribution in [3.8, 4) is 0 Å². The van der Waals surface area contributed by atoms with Crippen molar-refractivity contribution in [1.29, 1.82) is 0 Å². The molecular weight excluding hydrogens is 321 g/mol. The van der Waals surface area contributed by atoms with E-state index in [0.717, 1.165) is 5.56 Å². The Labute approximate surface area is 129 Å². The van der Waals surface area contributed by atoms with Crippen LogP contribution in [0.4, 0.5) is 11.5 Å². The molecule has 0 saturated heterocycles. The molecular formula is C12H8Cl3N5. The van der Waals surface area contributed by atoms with Crippen LogP contribution in [0.5, 0.6) is 0 Å². The van der Waals surface area contributed by atoms with Gasteiger partial charge in [0.1, 0.15) is 5.82 Å². The number of aromatic nitrogens is 4. The Bertz CT molecular complexity index is 799. The molecule has 2 aromatic heterocycles. The van der Waals surface area contributed by atoms with E-state index in [1.54, 1.807) is 18.3 Å². The second-order valence-electron chi connectivity index (χ2n) is 4.18. The number of rotatable bonds is 2. The van der Waals surface area contributed by atoms with E-state index in [1.165, 1.54) is 0 Å². The zero-order valence-corrected chi connectivity index (χ0v) is 12.5. The highest BCUT2D eigenvalue weighted by atomic mass is 35.5. The van der Waals surface area contributed by atoms with Gasteiger partial charge in [0.15, 0.2) is 5.65 Å². The second-order valence-corrected chi connectivity index (χ2v) is 5.33. The Kier molecular flexibility index (Phi) is 3.41. The lowest BCUT2D eigenvalue weighted by molar-refractivity contribution is 1.09. The fourth-order valence-corrected chi connectivity index (χ4v) is 2.37. The average molecular weight is 329 g/mol. The highest BCUT2D eigenvalue weighted by Gasteiger charge is 2.11. The van der Waals surface area contributed by atoms with Crippen molar-refractivity contribution in [1.82, 2.24) is 20.2 Å². The van der Waals surface area contributed by atoms with Gasteiger partial charge in [-0.3, -0.25) is 5.10 Å². The van der Waals surface area contributed by atoms with Crippen LogP contribution in [0.15, 0.2) is 18.3 Å². The van der Waals surface area contributed by atoms with Gasteiger partial charge in [-0.25, -0.2) is 0 Å². The molecule has 0 fully saturated rings. The van der Waals surface area contributed by atoms with Crippen molar-refractivity contribution in [2.45, 2.75) is 6.92 Å². The summed E-state index contributed by atoms with van der Waals surface area (Å²) in [6.07, 6.45) is 1.61. The molecule has 2 heterocycles. The van der Waals surface area contributed by atoms with Crippen LogP contribution in [0.25, 0.3) is 11.0 Å². The molecule has 8 heteroatoms. The van der Waals surface area contributed by atoms with Crippen LogP contribution in [0.2, 0.25) is 15.3 Å². The maximum atomic E-state index is 6.20. The minimum Gasteiger partial charge on any atom is -0.338 e. The largest absolute Gasteiger partial charge is 0.338 e. The molecule has 0 aliphatic carbocycles. The van der Waals surface area contributed by atoms with E-state index in [4.69, 9.17) is 34.8 Å². The molecule has 0 radical (unpaired) electrons. The third-order valence-electron chi connectivity index (χ3n) is 2.78. The predicted molar refractivity (Wildman–Crippen MR) is 81.2 cm³/mol. The first-order chi connectivity index (χ1) is 9.54. The summed E-state index contributed by atoms with van der Waals surface area (Å²) in [5.74, 6) is 0.510. The van der Waals surface area contributed by atoms with Crippen molar-refractivity contribution >= 4 is 57.3 Å². The number of anilines is 2. The van der Waals surface area contributed by atoms with Crippen LogP contribution in [-0.4, -0.2) is 20.2 Å². The van der Waals surface area contributed by atoms with E-state index in [-0.39, 0.29) is 5.28 Å². The molecule has 5 nitrogen and oxygen atoms in total. The van der Waals surface area contributed by atoms with Gasteiger partial charge in [0, 0.05) is 5.02 Å². The van der Waals surface area contributed by atoms with Gasteiger partial charge in [0.2, 0.25) is 5.28 Å². The zero-order valence-electron chi connectivity index (χ0n) is 10.2. The van der Waals surface area contributed by atoms with Gasteiger partial charge in [-0.05, 0) is 36.2 Å². The minimum atomic E-state index is 0.110. The highest BCUT2D eigenvalue weighted by Crippen LogP contribution is 2.32. The third kappa shape index (κ3) is 2.40. The molecule has 0 bridgehead atoms. The van der Waals surface area contributed by atoms with Gasteiger partial charge in [0.05, 0.1) is 22.3 Å². The standard InChI is InChI=1S/C12H8Cl3N5/c1-5-2-8(14)9(3-7(5)13)17-10-6-4-16-20-11(6)19-12(15)18-10/h2-4H,1H3,(H2,16,17,18,19,20). The lowest BCUT2D eigenvalue weighted by Gasteiger charge is -2.10. The lowest BCUT2D eigenvalue weighted by Crippen LogP contribution is -1.97. The molecule has 0 unspecified atom stereocenters. The molecule has 102 valence electrons. The van der Waals surface area contributed by atoms with E-state index in [0.29, 0.717) is 32.6 Å². The van der Waals surface area contributed by atoms with Gasteiger partial charge >= 0.3 is 0 Å². The first-order valence-electron chi connectivity index (χ1n) is 5.64. The monoisotopic (exact) mass is 327 g/mol. The van der Waals surface area contributed by atoms with Crippen molar-refractivity contribution in [3.05, 3.63) is 39.2 Å².